The van der Waals surface area contributed by atoms with Crippen molar-refractivity contribution in [1.82, 2.24) is 24.6 Å². The lowest BCUT2D eigenvalue weighted by atomic mass is 9.82. The van der Waals surface area contributed by atoms with E-state index in [1.54, 1.807) is 0 Å². The van der Waals surface area contributed by atoms with E-state index in [2.05, 4.69) is 45.4 Å². The molecule has 4 heterocycles. The summed E-state index contributed by atoms with van der Waals surface area (Å²) in [5.74, 6) is 0. The first-order valence-electron chi connectivity index (χ1n) is 12.0. The third-order valence-corrected chi connectivity index (χ3v) is 8.29. The van der Waals surface area contributed by atoms with Crippen LogP contribution in [0.5, 0.6) is 0 Å². The molecular formula is C23H37BN6O2Si. The minimum absolute atomic E-state index is 0.317. The lowest BCUT2D eigenvalue weighted by Crippen LogP contribution is -2.51. The van der Waals surface area contributed by atoms with Crippen LogP contribution < -0.4 is 4.90 Å². The number of H-pyrrole nitrogens is 1. The molecule has 0 saturated carbocycles. The Labute approximate surface area is 198 Å². The van der Waals surface area contributed by atoms with E-state index in [4.69, 9.17) is 9.84 Å². The van der Waals surface area contributed by atoms with Gasteiger partial charge in [0.2, 0.25) is 0 Å². The number of nitrogens with one attached hydrogen (secondary N) is 1. The van der Waals surface area contributed by atoms with Crippen LogP contribution in [0.2, 0.25) is 32.5 Å². The van der Waals surface area contributed by atoms with Gasteiger partial charge in [0, 0.05) is 58.0 Å². The number of hydrogen-bond acceptors (Lipinski definition) is 6. The average molecular weight is 468 g/mol. The molecule has 0 spiro atoms. The lowest BCUT2D eigenvalue weighted by molar-refractivity contribution is 0.0787. The topological polar surface area (TPSA) is 82.4 Å². The second-order valence-corrected chi connectivity index (χ2v) is 16.0. The number of anilines is 1. The van der Waals surface area contributed by atoms with Crippen molar-refractivity contribution in [2.75, 3.05) is 31.6 Å². The molecule has 0 aromatic carbocycles. The van der Waals surface area contributed by atoms with E-state index in [0.29, 0.717) is 12.8 Å². The first-order valence-corrected chi connectivity index (χ1v) is 15.7. The highest BCUT2D eigenvalue weighted by Gasteiger charge is 2.28. The fourth-order valence-electron chi connectivity index (χ4n) is 4.43. The Morgan fingerprint density at radius 3 is 2.91 bits per heavy atom. The van der Waals surface area contributed by atoms with Crippen LogP contribution in [0.25, 0.3) is 22.3 Å². The summed E-state index contributed by atoms with van der Waals surface area (Å²) < 4.78 is 7.73. The van der Waals surface area contributed by atoms with Gasteiger partial charge in [-0.15, -0.1) is 0 Å². The highest BCUT2D eigenvalue weighted by atomic mass is 28.3. The molecule has 1 fully saturated rings. The molecule has 0 radical (unpaired) electrons. The first-order chi connectivity index (χ1) is 15.7. The number of pyridine rings is 1. The molecule has 3 aromatic heterocycles. The second-order valence-electron chi connectivity index (χ2n) is 10.4. The Bertz CT molecular complexity index is 1060. The van der Waals surface area contributed by atoms with Crippen molar-refractivity contribution in [2.24, 2.45) is 0 Å². The van der Waals surface area contributed by atoms with Gasteiger partial charge in [-0.05, 0) is 44.9 Å². The summed E-state index contributed by atoms with van der Waals surface area (Å²) in [5, 5.41) is 15.9. The fraction of sp³-hybridized carbons (Fsp3) is 0.565. The van der Waals surface area contributed by atoms with Crippen molar-refractivity contribution in [3.05, 3.63) is 30.7 Å². The summed E-state index contributed by atoms with van der Waals surface area (Å²) in [5.41, 5.74) is 4.01. The van der Waals surface area contributed by atoms with Crippen LogP contribution >= 0.6 is 0 Å². The van der Waals surface area contributed by atoms with Crippen LogP contribution in [0.3, 0.4) is 0 Å². The van der Waals surface area contributed by atoms with Gasteiger partial charge in [0.05, 0.1) is 16.8 Å². The van der Waals surface area contributed by atoms with Crippen molar-refractivity contribution in [3.63, 3.8) is 0 Å². The van der Waals surface area contributed by atoms with Crippen LogP contribution in [0.15, 0.2) is 30.7 Å². The van der Waals surface area contributed by atoms with Gasteiger partial charge in [0.25, 0.3) is 0 Å². The van der Waals surface area contributed by atoms with Crippen LogP contribution in [0, 0.1) is 0 Å². The van der Waals surface area contributed by atoms with Crippen LogP contribution in [-0.2, 0) is 11.5 Å². The average Bonchev–Trinajstić information content (AvgIpc) is 3.42. The summed E-state index contributed by atoms with van der Waals surface area (Å²) in [6, 6.07) is 5.61. The Balaban J connectivity index is 1.54. The van der Waals surface area contributed by atoms with Gasteiger partial charge in [-0.2, -0.15) is 5.10 Å². The maximum absolute atomic E-state index is 10.1. The molecule has 4 rings (SSSR count). The van der Waals surface area contributed by atoms with E-state index in [-0.39, 0.29) is 0 Å². The zero-order valence-electron chi connectivity index (χ0n) is 20.6. The number of aromatic amines is 1. The van der Waals surface area contributed by atoms with Crippen molar-refractivity contribution >= 4 is 31.8 Å². The molecule has 1 saturated heterocycles. The number of ether oxygens (including phenoxy) is 1. The van der Waals surface area contributed by atoms with E-state index in [0.717, 1.165) is 60.9 Å². The number of hydrogen-bond donors (Lipinski definition) is 2. The van der Waals surface area contributed by atoms with E-state index >= 15 is 0 Å². The smallest absolute Gasteiger partial charge is 0.376 e. The lowest BCUT2D eigenvalue weighted by Gasteiger charge is -2.39. The zero-order valence-corrected chi connectivity index (χ0v) is 21.6. The minimum atomic E-state index is -1.09. The largest absolute Gasteiger partial charge is 0.437 e. The number of nitrogens with zero attached hydrogens (tertiary/aromatic N) is 5. The van der Waals surface area contributed by atoms with Crippen LogP contribution in [-0.4, -0.2) is 77.5 Å². The van der Waals surface area contributed by atoms with Crippen molar-refractivity contribution in [1.29, 1.82) is 0 Å². The first kappa shape index (κ1) is 24.0. The SMILES string of the molecule is CB(O)N(C)[C@H]1CCCN(c2ccnc3[nH]cc(-c4ccn(COCC[Si](C)(C)C)n4)c23)C1. The number of aromatic nitrogens is 4. The third kappa shape index (κ3) is 5.68. The Hall–Kier alpha value is -2.14. The molecule has 3 aromatic rings. The maximum atomic E-state index is 10.1. The number of likely N-dealkylation sites (N-methyl/N-ethyl adjacent to an activating group) is 1. The number of fused-ring (bicyclic) bond motifs is 1. The van der Waals surface area contributed by atoms with Gasteiger partial charge in [-0.25, -0.2) is 9.67 Å². The predicted molar refractivity (Wildman–Crippen MR) is 138 cm³/mol. The molecule has 0 amide bonds. The molecule has 0 bridgehead atoms. The third-order valence-electron chi connectivity index (χ3n) is 6.59. The molecule has 0 aliphatic carbocycles. The quantitative estimate of drug-likeness (QED) is 0.368. The predicted octanol–water partition coefficient (Wildman–Crippen LogP) is 3.75. The van der Waals surface area contributed by atoms with Gasteiger partial charge in [0.15, 0.2) is 0 Å². The van der Waals surface area contributed by atoms with E-state index in [1.807, 2.05) is 43.2 Å². The van der Waals surface area contributed by atoms with Gasteiger partial charge in [0.1, 0.15) is 12.4 Å². The summed E-state index contributed by atoms with van der Waals surface area (Å²) in [4.78, 5) is 12.4. The number of rotatable bonds is 9. The highest BCUT2D eigenvalue weighted by molar-refractivity contribution is 6.76. The summed E-state index contributed by atoms with van der Waals surface area (Å²) in [7, 11) is 0.456. The van der Waals surface area contributed by atoms with Gasteiger partial charge in [-0.1, -0.05) is 19.6 Å². The standard InChI is InChI=1S/C23H37BN6O2Si/c1-24(31)28(2)18-7-6-11-29(16-18)21-8-10-25-23-22(21)19(15-26-23)20-9-12-30(27-20)17-32-13-14-33(3,4)5/h8-10,12,15,18,31H,6-7,11,13-14,16-17H2,1-5H3,(H,25,26)/t18-/m0/s1. The molecule has 178 valence electrons. The van der Waals surface area contributed by atoms with Crippen molar-refractivity contribution < 1.29 is 9.76 Å². The van der Waals surface area contributed by atoms with Crippen molar-refractivity contribution in [2.45, 2.75) is 58.1 Å². The highest BCUT2D eigenvalue weighted by Crippen LogP contribution is 2.35. The monoisotopic (exact) mass is 468 g/mol. The summed E-state index contributed by atoms with van der Waals surface area (Å²) in [6.45, 7) is 12.0. The Morgan fingerprint density at radius 2 is 2.15 bits per heavy atom. The van der Waals surface area contributed by atoms with Gasteiger partial charge >= 0.3 is 7.05 Å². The van der Waals surface area contributed by atoms with Gasteiger partial charge in [-0.3, -0.25) is 0 Å². The maximum Gasteiger partial charge on any atom is 0.376 e. The second kappa shape index (κ2) is 10.0. The summed E-state index contributed by atoms with van der Waals surface area (Å²) in [6.07, 6.45) is 8.03. The molecule has 8 nitrogen and oxygen atoms in total. The normalized spacial score (nSPS) is 17.3. The Kier molecular flexibility index (Phi) is 7.28. The zero-order chi connectivity index (χ0) is 23.6. The van der Waals surface area contributed by atoms with Crippen LogP contribution in [0.1, 0.15) is 12.8 Å². The van der Waals surface area contributed by atoms with Crippen molar-refractivity contribution in [3.8, 4) is 11.3 Å². The molecule has 33 heavy (non-hydrogen) atoms. The molecular weight excluding hydrogens is 431 g/mol. The molecule has 1 aliphatic rings. The van der Waals surface area contributed by atoms with E-state index in [9.17, 15) is 5.02 Å². The molecule has 10 heteroatoms. The molecule has 1 aliphatic heterocycles. The van der Waals surface area contributed by atoms with E-state index in [1.165, 1.54) is 5.69 Å². The van der Waals surface area contributed by atoms with Gasteiger partial charge < -0.3 is 24.5 Å². The number of piperidine rings is 1. The molecule has 0 unspecified atom stereocenters. The molecule has 1 atom stereocenters. The summed E-state index contributed by atoms with van der Waals surface area (Å²) >= 11 is 0. The fourth-order valence-corrected chi connectivity index (χ4v) is 5.19. The van der Waals surface area contributed by atoms with Crippen LogP contribution in [0.4, 0.5) is 5.69 Å². The Morgan fingerprint density at radius 1 is 1.33 bits per heavy atom. The van der Waals surface area contributed by atoms with E-state index < -0.39 is 15.1 Å². The molecule has 2 N–H and O–H groups in total. The minimum Gasteiger partial charge on any atom is -0.437 e.